The minimum atomic E-state index is -1.53. The summed E-state index contributed by atoms with van der Waals surface area (Å²) in [4.78, 5) is 12.0. The van der Waals surface area contributed by atoms with E-state index >= 15 is 0 Å². The third-order valence-corrected chi connectivity index (χ3v) is 6.32. The molecule has 0 radical (unpaired) electrons. The quantitative estimate of drug-likeness (QED) is 0.107. The van der Waals surface area contributed by atoms with Crippen LogP contribution in [0.25, 0.3) is 0 Å². The molecule has 3 N–H and O–H groups in total. The molecule has 198 valence electrons. The van der Waals surface area contributed by atoms with E-state index in [1.165, 1.54) is 77.0 Å². The fourth-order valence-corrected chi connectivity index (χ4v) is 4.12. The number of amides is 1. The summed E-state index contributed by atoms with van der Waals surface area (Å²) in [5.41, 5.74) is 0.962. The van der Waals surface area contributed by atoms with Gasteiger partial charge in [-0.3, -0.25) is 4.79 Å². The van der Waals surface area contributed by atoms with Crippen molar-refractivity contribution in [2.75, 3.05) is 5.32 Å². The standard InChI is InChI=1S/C31H48BNO3/c1-2-3-4-5-6-7-8-9-10-11-12-13-14-15-16-17-18-19-20-21-22-23-27-31(34)33-30-26-24-25-29(28-30)32(35)36/h24-26,28,35-36H,2-12,17-23,27H2,1H3,(H,33,34). The van der Waals surface area contributed by atoms with E-state index in [1.807, 2.05) is 0 Å². The van der Waals surface area contributed by atoms with Crippen LogP contribution in [0.15, 0.2) is 24.3 Å². The van der Waals surface area contributed by atoms with E-state index in [0.29, 0.717) is 17.6 Å². The Hall–Kier alpha value is -2.21. The van der Waals surface area contributed by atoms with E-state index in [4.69, 9.17) is 0 Å². The van der Waals surface area contributed by atoms with Crippen LogP contribution in [0.3, 0.4) is 0 Å². The van der Waals surface area contributed by atoms with Crippen LogP contribution in [0, 0.1) is 23.7 Å². The van der Waals surface area contributed by atoms with Crippen LogP contribution in [0.4, 0.5) is 5.69 Å². The molecule has 0 aliphatic carbocycles. The number of benzene rings is 1. The summed E-state index contributed by atoms with van der Waals surface area (Å²) in [7, 11) is -1.53. The molecule has 4 nitrogen and oxygen atoms in total. The van der Waals surface area contributed by atoms with Gasteiger partial charge in [0, 0.05) is 24.9 Å². The van der Waals surface area contributed by atoms with Crippen molar-refractivity contribution in [1.82, 2.24) is 0 Å². The van der Waals surface area contributed by atoms with E-state index < -0.39 is 7.12 Å². The summed E-state index contributed by atoms with van der Waals surface area (Å²) in [6, 6.07) is 6.63. The van der Waals surface area contributed by atoms with Crippen LogP contribution in [0.5, 0.6) is 0 Å². The summed E-state index contributed by atoms with van der Waals surface area (Å²) in [6.07, 6.45) is 22.4. The average molecular weight is 494 g/mol. The molecule has 1 aromatic carbocycles. The fourth-order valence-electron chi connectivity index (χ4n) is 4.12. The lowest BCUT2D eigenvalue weighted by molar-refractivity contribution is -0.116. The second-order valence-corrected chi connectivity index (χ2v) is 9.70. The minimum Gasteiger partial charge on any atom is -0.423 e. The SMILES string of the molecule is CCCCCCCCCCCCC#CC#CCCCCCCCCC(=O)Nc1cccc(B(O)O)c1. The highest BCUT2D eigenvalue weighted by atomic mass is 16.4. The molecule has 5 heteroatoms. The van der Waals surface area contributed by atoms with E-state index in [0.717, 1.165) is 38.5 Å². The van der Waals surface area contributed by atoms with Gasteiger partial charge in [0.1, 0.15) is 0 Å². The number of unbranched alkanes of at least 4 members (excludes halogenated alkanes) is 16. The van der Waals surface area contributed by atoms with Gasteiger partial charge in [0.2, 0.25) is 5.91 Å². The fraction of sp³-hybridized carbons (Fsp3) is 0.645. The summed E-state index contributed by atoms with van der Waals surface area (Å²) in [5.74, 6) is 12.3. The molecule has 0 aliphatic heterocycles. The van der Waals surface area contributed by atoms with Gasteiger partial charge in [-0.2, -0.15) is 0 Å². The first kappa shape index (κ1) is 31.8. The van der Waals surface area contributed by atoms with Crippen LogP contribution in [0.1, 0.15) is 129 Å². The van der Waals surface area contributed by atoms with Crippen molar-refractivity contribution in [2.45, 2.75) is 129 Å². The van der Waals surface area contributed by atoms with Crippen molar-refractivity contribution in [3.63, 3.8) is 0 Å². The van der Waals surface area contributed by atoms with Crippen molar-refractivity contribution in [3.05, 3.63) is 24.3 Å². The van der Waals surface area contributed by atoms with Gasteiger partial charge in [0.05, 0.1) is 0 Å². The summed E-state index contributed by atoms with van der Waals surface area (Å²) >= 11 is 0. The Kier molecular flexibility index (Phi) is 20.5. The maximum atomic E-state index is 12.0. The molecular weight excluding hydrogens is 445 g/mol. The number of carbonyl (C=O) groups is 1. The topological polar surface area (TPSA) is 69.6 Å². The molecule has 0 saturated heterocycles. The lowest BCUT2D eigenvalue weighted by Crippen LogP contribution is -2.30. The maximum Gasteiger partial charge on any atom is 0.488 e. The van der Waals surface area contributed by atoms with E-state index in [-0.39, 0.29) is 5.91 Å². The van der Waals surface area contributed by atoms with E-state index in [9.17, 15) is 14.8 Å². The van der Waals surface area contributed by atoms with Gasteiger partial charge in [-0.05, 0) is 48.7 Å². The van der Waals surface area contributed by atoms with E-state index in [1.54, 1.807) is 24.3 Å². The first-order valence-electron chi connectivity index (χ1n) is 14.3. The zero-order chi connectivity index (χ0) is 26.1. The van der Waals surface area contributed by atoms with Gasteiger partial charge in [-0.25, -0.2) is 0 Å². The maximum absolute atomic E-state index is 12.0. The summed E-state index contributed by atoms with van der Waals surface area (Å²) < 4.78 is 0. The molecule has 0 heterocycles. The smallest absolute Gasteiger partial charge is 0.423 e. The molecule has 0 saturated carbocycles. The Morgan fingerprint density at radius 1 is 0.750 bits per heavy atom. The van der Waals surface area contributed by atoms with Gasteiger partial charge in [-0.1, -0.05) is 114 Å². The minimum absolute atomic E-state index is 0.0378. The molecule has 1 aromatic rings. The molecule has 0 aromatic heterocycles. The normalized spacial score (nSPS) is 10.2. The van der Waals surface area contributed by atoms with Crippen molar-refractivity contribution < 1.29 is 14.8 Å². The van der Waals surface area contributed by atoms with Crippen molar-refractivity contribution >= 4 is 24.2 Å². The lowest BCUT2D eigenvalue weighted by atomic mass is 9.80. The molecule has 0 aliphatic rings. The van der Waals surface area contributed by atoms with Crippen LogP contribution >= 0.6 is 0 Å². The second-order valence-electron chi connectivity index (χ2n) is 9.70. The van der Waals surface area contributed by atoms with Crippen LogP contribution < -0.4 is 10.8 Å². The zero-order valence-corrected chi connectivity index (χ0v) is 22.6. The molecular formula is C31H48BNO3. The van der Waals surface area contributed by atoms with Gasteiger partial charge < -0.3 is 15.4 Å². The summed E-state index contributed by atoms with van der Waals surface area (Å²) in [6.45, 7) is 2.27. The first-order chi connectivity index (χ1) is 17.6. The van der Waals surface area contributed by atoms with E-state index in [2.05, 4.69) is 35.9 Å². The predicted octanol–water partition coefficient (Wildman–Crippen LogP) is 6.74. The molecule has 0 fully saturated rings. The molecule has 36 heavy (non-hydrogen) atoms. The molecule has 0 bridgehead atoms. The van der Waals surface area contributed by atoms with Crippen molar-refractivity contribution in [1.29, 1.82) is 0 Å². The average Bonchev–Trinajstić information content (AvgIpc) is 2.87. The van der Waals surface area contributed by atoms with Gasteiger partial charge >= 0.3 is 7.12 Å². The Labute approximate surface area is 221 Å². The van der Waals surface area contributed by atoms with Gasteiger partial charge in [-0.15, -0.1) is 0 Å². The predicted molar refractivity (Wildman–Crippen MR) is 154 cm³/mol. The Morgan fingerprint density at radius 3 is 1.78 bits per heavy atom. The molecule has 1 amide bonds. The third-order valence-electron chi connectivity index (χ3n) is 6.32. The number of hydrogen-bond acceptors (Lipinski definition) is 3. The zero-order valence-electron chi connectivity index (χ0n) is 22.6. The highest BCUT2D eigenvalue weighted by Crippen LogP contribution is 2.12. The third kappa shape index (κ3) is 19.0. The first-order valence-corrected chi connectivity index (χ1v) is 14.3. The number of hydrogen-bond donors (Lipinski definition) is 3. The lowest BCUT2D eigenvalue weighted by Gasteiger charge is -2.07. The highest BCUT2D eigenvalue weighted by molar-refractivity contribution is 6.58. The number of anilines is 1. The number of rotatable bonds is 20. The Bertz CT molecular complexity index is 816. The second kappa shape index (κ2) is 23.2. The Morgan fingerprint density at radius 2 is 1.25 bits per heavy atom. The van der Waals surface area contributed by atoms with Crippen LogP contribution in [-0.2, 0) is 4.79 Å². The molecule has 0 unspecified atom stereocenters. The molecule has 1 rings (SSSR count). The molecule has 0 atom stereocenters. The number of carbonyl (C=O) groups excluding carboxylic acids is 1. The largest absolute Gasteiger partial charge is 0.488 e. The van der Waals surface area contributed by atoms with Gasteiger partial charge in [0.25, 0.3) is 0 Å². The Balaban J connectivity index is 1.89. The monoisotopic (exact) mass is 493 g/mol. The van der Waals surface area contributed by atoms with Crippen molar-refractivity contribution in [2.24, 2.45) is 0 Å². The number of nitrogens with one attached hydrogen (secondary N) is 1. The summed E-state index contributed by atoms with van der Waals surface area (Å²) in [5, 5.41) is 21.2. The van der Waals surface area contributed by atoms with Crippen LogP contribution in [-0.4, -0.2) is 23.1 Å². The van der Waals surface area contributed by atoms with Crippen LogP contribution in [0.2, 0.25) is 0 Å². The molecule has 0 spiro atoms. The van der Waals surface area contributed by atoms with Crippen molar-refractivity contribution in [3.8, 4) is 23.7 Å². The highest BCUT2D eigenvalue weighted by Gasteiger charge is 2.11. The van der Waals surface area contributed by atoms with Gasteiger partial charge in [0.15, 0.2) is 0 Å².